The third-order valence-corrected chi connectivity index (χ3v) is 3.64. The molecule has 3 rings (SSSR count). The number of rotatable bonds is 3. The fourth-order valence-corrected chi connectivity index (χ4v) is 2.50. The van der Waals surface area contributed by atoms with Crippen LogP contribution in [-0.2, 0) is 4.74 Å². The quantitative estimate of drug-likeness (QED) is 0.684. The van der Waals surface area contributed by atoms with E-state index in [0.29, 0.717) is 28.0 Å². The Kier molecular flexibility index (Phi) is 3.99. The van der Waals surface area contributed by atoms with Crippen LogP contribution in [0, 0.1) is 6.92 Å². The van der Waals surface area contributed by atoms with Gasteiger partial charge in [-0.05, 0) is 37.3 Å². The van der Waals surface area contributed by atoms with Gasteiger partial charge in [0.2, 0.25) is 0 Å². The summed E-state index contributed by atoms with van der Waals surface area (Å²) in [6.07, 6.45) is 1.37. The van der Waals surface area contributed by atoms with Gasteiger partial charge in [-0.1, -0.05) is 0 Å². The molecule has 122 valence electrons. The van der Waals surface area contributed by atoms with Crippen LogP contribution in [0.25, 0.3) is 16.6 Å². The molecule has 0 aliphatic carbocycles. The first-order chi connectivity index (χ1) is 11.5. The van der Waals surface area contributed by atoms with E-state index in [0.717, 1.165) is 5.69 Å². The number of carbonyl (C=O) groups excluding carboxylic acids is 1. The Labute approximate surface area is 137 Å². The topological polar surface area (TPSA) is 82.8 Å². The number of ether oxygens (including phenoxy) is 2. The van der Waals surface area contributed by atoms with Crippen LogP contribution in [0.1, 0.15) is 16.1 Å². The first kappa shape index (κ1) is 15.7. The van der Waals surface area contributed by atoms with Crippen molar-refractivity contribution >= 4 is 11.5 Å². The molecule has 0 unspecified atom stereocenters. The molecule has 2 aromatic heterocycles. The lowest BCUT2D eigenvalue weighted by atomic mass is 10.0. The molecule has 0 saturated carbocycles. The monoisotopic (exact) mass is 325 g/mol. The van der Waals surface area contributed by atoms with Gasteiger partial charge in [-0.2, -0.15) is 10.1 Å². The SMILES string of the molecule is COC(=O)c1ccc(OC)c(-c2c(=O)ncn3nc(C)ccc23)c1. The van der Waals surface area contributed by atoms with E-state index >= 15 is 0 Å². The van der Waals surface area contributed by atoms with Crippen molar-refractivity contribution in [3.8, 4) is 16.9 Å². The summed E-state index contributed by atoms with van der Waals surface area (Å²) in [7, 11) is 2.79. The number of nitrogens with zero attached hydrogens (tertiary/aromatic N) is 3. The van der Waals surface area contributed by atoms with Crippen LogP contribution in [0.2, 0.25) is 0 Å². The van der Waals surface area contributed by atoms with E-state index < -0.39 is 11.5 Å². The van der Waals surface area contributed by atoms with Crippen molar-refractivity contribution in [3.05, 3.63) is 58.3 Å². The number of aryl methyl sites for hydroxylation is 1. The summed E-state index contributed by atoms with van der Waals surface area (Å²) < 4.78 is 11.6. The molecule has 3 aromatic rings. The average molecular weight is 325 g/mol. The molecular weight excluding hydrogens is 310 g/mol. The standard InChI is InChI=1S/C17H15N3O4/c1-10-4-6-13-15(16(21)18-9-20(13)19-10)12-8-11(17(22)24-3)5-7-14(12)23-2/h4-9H,1-3H3. The van der Waals surface area contributed by atoms with Gasteiger partial charge in [0.25, 0.3) is 5.56 Å². The normalized spacial score (nSPS) is 10.6. The van der Waals surface area contributed by atoms with Crippen LogP contribution in [0.3, 0.4) is 0 Å². The Hall–Kier alpha value is -3.22. The molecule has 0 N–H and O–H groups in total. The van der Waals surface area contributed by atoms with E-state index in [1.54, 1.807) is 30.3 Å². The van der Waals surface area contributed by atoms with Gasteiger partial charge in [0.15, 0.2) is 0 Å². The van der Waals surface area contributed by atoms with Gasteiger partial charge in [-0.3, -0.25) is 4.79 Å². The highest BCUT2D eigenvalue weighted by molar-refractivity contribution is 5.93. The maximum atomic E-state index is 12.4. The van der Waals surface area contributed by atoms with Gasteiger partial charge in [-0.15, -0.1) is 0 Å². The number of aromatic nitrogens is 3. The minimum atomic E-state index is -0.499. The van der Waals surface area contributed by atoms with E-state index in [9.17, 15) is 9.59 Å². The Balaban J connectivity index is 2.36. The molecule has 0 bridgehead atoms. The molecule has 7 heteroatoms. The van der Waals surface area contributed by atoms with Crippen molar-refractivity contribution in [2.75, 3.05) is 14.2 Å². The molecule has 24 heavy (non-hydrogen) atoms. The van der Waals surface area contributed by atoms with Crippen molar-refractivity contribution in [1.29, 1.82) is 0 Å². The smallest absolute Gasteiger partial charge is 0.337 e. The second-order valence-corrected chi connectivity index (χ2v) is 5.14. The van der Waals surface area contributed by atoms with Gasteiger partial charge in [-0.25, -0.2) is 9.31 Å². The van der Waals surface area contributed by atoms with E-state index in [-0.39, 0.29) is 0 Å². The highest BCUT2D eigenvalue weighted by Crippen LogP contribution is 2.31. The van der Waals surface area contributed by atoms with Gasteiger partial charge < -0.3 is 9.47 Å². The van der Waals surface area contributed by atoms with Gasteiger partial charge in [0, 0.05) is 5.56 Å². The third-order valence-electron chi connectivity index (χ3n) is 3.64. The summed E-state index contributed by atoms with van der Waals surface area (Å²) in [6, 6.07) is 8.34. The number of carbonyl (C=O) groups is 1. The first-order valence-corrected chi connectivity index (χ1v) is 7.17. The molecule has 0 radical (unpaired) electrons. The van der Waals surface area contributed by atoms with Crippen molar-refractivity contribution in [1.82, 2.24) is 14.6 Å². The highest BCUT2D eigenvalue weighted by atomic mass is 16.5. The van der Waals surface area contributed by atoms with Crippen LogP contribution < -0.4 is 10.3 Å². The molecule has 1 aromatic carbocycles. The number of benzene rings is 1. The van der Waals surface area contributed by atoms with E-state index in [2.05, 4.69) is 10.1 Å². The van der Waals surface area contributed by atoms with Crippen LogP contribution in [0.15, 0.2) is 41.5 Å². The maximum absolute atomic E-state index is 12.4. The summed E-state index contributed by atoms with van der Waals surface area (Å²) in [6.45, 7) is 1.84. The van der Waals surface area contributed by atoms with Crippen molar-refractivity contribution in [3.63, 3.8) is 0 Å². The summed E-state index contributed by atoms with van der Waals surface area (Å²) in [5, 5.41) is 4.31. The molecule has 0 saturated heterocycles. The zero-order valence-corrected chi connectivity index (χ0v) is 13.4. The summed E-state index contributed by atoms with van der Waals surface area (Å²) >= 11 is 0. The molecule has 2 heterocycles. The minimum absolute atomic E-state index is 0.313. The Morgan fingerprint density at radius 1 is 1.17 bits per heavy atom. The van der Waals surface area contributed by atoms with Crippen LogP contribution in [0.4, 0.5) is 0 Å². The Morgan fingerprint density at radius 2 is 1.96 bits per heavy atom. The Morgan fingerprint density at radius 3 is 2.67 bits per heavy atom. The predicted molar refractivity (Wildman–Crippen MR) is 87.3 cm³/mol. The van der Waals surface area contributed by atoms with Crippen LogP contribution >= 0.6 is 0 Å². The van der Waals surface area contributed by atoms with Gasteiger partial charge >= 0.3 is 5.97 Å². The zero-order valence-electron chi connectivity index (χ0n) is 13.4. The maximum Gasteiger partial charge on any atom is 0.337 e. The van der Waals surface area contributed by atoms with Crippen molar-refractivity contribution in [2.45, 2.75) is 6.92 Å². The van der Waals surface area contributed by atoms with E-state index in [1.807, 2.05) is 6.92 Å². The number of fused-ring (bicyclic) bond motifs is 1. The number of hydrogen-bond donors (Lipinski definition) is 0. The molecule has 7 nitrogen and oxygen atoms in total. The Bertz CT molecular complexity index is 995. The molecule has 0 fully saturated rings. The third kappa shape index (κ3) is 2.60. The molecule has 0 aliphatic rings. The number of methoxy groups -OCH3 is 2. The number of hydrogen-bond acceptors (Lipinski definition) is 6. The van der Waals surface area contributed by atoms with Gasteiger partial charge in [0.1, 0.15) is 12.1 Å². The average Bonchev–Trinajstić information content (AvgIpc) is 2.60. The van der Waals surface area contributed by atoms with Crippen LogP contribution in [0.5, 0.6) is 5.75 Å². The second kappa shape index (κ2) is 6.11. The highest BCUT2D eigenvalue weighted by Gasteiger charge is 2.17. The molecular formula is C17H15N3O4. The van der Waals surface area contributed by atoms with Crippen molar-refractivity contribution < 1.29 is 14.3 Å². The fraction of sp³-hybridized carbons (Fsp3) is 0.176. The summed E-state index contributed by atoms with van der Waals surface area (Å²) in [4.78, 5) is 28.1. The van der Waals surface area contributed by atoms with Gasteiger partial charge in [0.05, 0.1) is 36.6 Å². The van der Waals surface area contributed by atoms with E-state index in [4.69, 9.17) is 9.47 Å². The minimum Gasteiger partial charge on any atom is -0.496 e. The molecule has 0 spiro atoms. The largest absolute Gasteiger partial charge is 0.496 e. The molecule has 0 atom stereocenters. The molecule has 0 amide bonds. The summed E-state index contributed by atoms with van der Waals surface area (Å²) in [5.41, 5.74) is 2.01. The molecule has 0 aliphatic heterocycles. The zero-order chi connectivity index (χ0) is 17.3. The lowest BCUT2D eigenvalue weighted by Gasteiger charge is -2.12. The van der Waals surface area contributed by atoms with Crippen molar-refractivity contribution in [2.24, 2.45) is 0 Å². The fourth-order valence-electron chi connectivity index (χ4n) is 2.50. The lowest BCUT2D eigenvalue weighted by Crippen LogP contribution is -2.14. The second-order valence-electron chi connectivity index (χ2n) is 5.14. The predicted octanol–water partition coefficient (Wildman–Crippen LogP) is 1.86. The summed E-state index contributed by atoms with van der Waals surface area (Å²) in [5.74, 6) is -0.0450. The van der Waals surface area contributed by atoms with E-state index in [1.165, 1.54) is 25.1 Å². The number of esters is 1. The lowest BCUT2D eigenvalue weighted by molar-refractivity contribution is 0.0600. The first-order valence-electron chi connectivity index (χ1n) is 7.17. The van der Waals surface area contributed by atoms with Crippen LogP contribution in [-0.4, -0.2) is 34.8 Å².